The molecule has 0 aliphatic heterocycles. The van der Waals surface area contributed by atoms with Crippen LogP contribution in [0.5, 0.6) is 5.75 Å². The van der Waals surface area contributed by atoms with Crippen LogP contribution in [-0.4, -0.2) is 108 Å². The van der Waals surface area contributed by atoms with Gasteiger partial charge in [0.15, 0.2) is 5.82 Å². The summed E-state index contributed by atoms with van der Waals surface area (Å²) in [6.45, 7) is 18.9. The van der Waals surface area contributed by atoms with Crippen LogP contribution in [0.15, 0.2) is 83.7 Å². The first kappa shape index (κ1) is 82.3. The highest BCUT2D eigenvalue weighted by Crippen LogP contribution is 2.68. The van der Waals surface area contributed by atoms with Gasteiger partial charge in [-0.1, -0.05) is 43.6 Å². The van der Waals surface area contributed by atoms with Gasteiger partial charge in [0.1, 0.15) is 64.1 Å². The van der Waals surface area contributed by atoms with Crippen molar-refractivity contribution in [3.05, 3.63) is 157 Å². The van der Waals surface area contributed by atoms with Crippen LogP contribution < -0.4 is 25.0 Å². The Kier molecular flexibility index (Phi) is 22.8. The minimum Gasteiger partial charge on any atom is -0.460 e. The molecule has 0 saturated heterocycles. The molecule has 2 aliphatic carbocycles. The third-order valence-electron chi connectivity index (χ3n) is 17.2. The van der Waals surface area contributed by atoms with E-state index in [1.807, 2.05) is 0 Å². The molecule has 0 radical (unpaired) electrons. The van der Waals surface area contributed by atoms with Gasteiger partial charge in [0.2, 0.25) is 27.7 Å². The van der Waals surface area contributed by atoms with E-state index in [1.165, 1.54) is 57.3 Å². The van der Waals surface area contributed by atoms with E-state index in [-0.39, 0.29) is 71.6 Å². The Morgan fingerprint density at radius 1 is 0.826 bits per heavy atom. The van der Waals surface area contributed by atoms with Crippen molar-refractivity contribution < 1.29 is 99.5 Å². The monoisotopic (exact) mass is 1590 g/mol. The largest absolute Gasteiger partial charge is 0.530 e. The van der Waals surface area contributed by atoms with Gasteiger partial charge in [-0.15, -0.1) is 0 Å². The van der Waals surface area contributed by atoms with Crippen molar-refractivity contribution in [2.45, 2.75) is 194 Å². The van der Waals surface area contributed by atoms with Gasteiger partial charge in [0, 0.05) is 54.0 Å². The van der Waals surface area contributed by atoms with E-state index < -0.39 is 208 Å². The number of alkyl halides is 7. The first-order valence-corrected chi connectivity index (χ1v) is 37.9. The number of esters is 2. The minimum absolute atomic E-state index is 0.0301. The van der Waals surface area contributed by atoms with Crippen molar-refractivity contribution in [1.29, 1.82) is 0 Å². The van der Waals surface area contributed by atoms with Crippen molar-refractivity contribution in [3.8, 4) is 22.7 Å². The molecular weight excluding hydrogens is 1510 g/mol. The number of rotatable bonds is 26. The number of fused-ring (bicyclic) bond motifs is 5. The Hall–Kier alpha value is -9.24. The Bertz CT molecular complexity index is 5180. The molecule has 0 unspecified atom stereocenters. The van der Waals surface area contributed by atoms with Gasteiger partial charge < -0.3 is 24.6 Å². The van der Waals surface area contributed by atoms with E-state index in [2.05, 4.69) is 25.8 Å². The summed E-state index contributed by atoms with van der Waals surface area (Å²) in [6, 6.07) is 10.5. The number of phosphoric ester groups is 1. The van der Waals surface area contributed by atoms with Gasteiger partial charge >= 0.3 is 25.9 Å². The zero-order chi connectivity index (χ0) is 80.7. The number of halogens is 10. The average molecular weight is 1590 g/mol. The number of nitrogens with zero attached hydrogens (tertiary/aromatic N) is 8. The topological polar surface area (TPSA) is 293 Å². The zero-order valence-corrected chi connectivity index (χ0v) is 64.2. The van der Waals surface area contributed by atoms with Crippen LogP contribution >= 0.6 is 19.4 Å². The lowest BCUT2D eigenvalue weighted by atomic mass is 9.77. The van der Waals surface area contributed by atoms with Gasteiger partial charge in [-0.3, -0.25) is 47.0 Å². The van der Waals surface area contributed by atoms with Gasteiger partial charge in [-0.2, -0.15) is 36.5 Å². The van der Waals surface area contributed by atoms with Crippen molar-refractivity contribution in [2.24, 2.45) is 13.0 Å². The number of carbonyl (C=O) groups is 5. The Morgan fingerprint density at radius 2 is 1.47 bits per heavy atom. The standard InChI is InChI=1S/C73H79ClF9N10O14PS/c1-35(2)105-108(100,106-36(3)4)107-52-24-37(5)23-40(29-54(94)86-50(68(99)104-70(9,10)11)32-57(97)103-69(6,7)8)60(52)71(12,13)33-56(96)93(109(15,101)102)66-59-46(74)21-22-51(62(59)90(14)89-66)92-65(87-48-28-39(19-20-43(48)67(92)98)47-17-16-18-53(84-47)73(81,82)83)49(27-38-25-41(75)30-42(76)26-38)85-55(95)34-91-63-58(61(88-91)64(77)78)44-31-45(44)72(63,79)80/h16-26,28,30,35-36,44-45,49-50,64H,27,29,31-34H2,1-15H3,(H,85,95)(H,86,94)/t44-,45+,49-,50-/m0/s1. The van der Waals surface area contributed by atoms with Gasteiger partial charge in [0.05, 0.1) is 75.6 Å². The van der Waals surface area contributed by atoms with E-state index in [4.69, 9.17) is 39.6 Å². The number of benzene rings is 4. The maximum atomic E-state index is 16.0. The van der Waals surface area contributed by atoms with Crippen LogP contribution in [0.4, 0.5) is 45.3 Å². The fraction of sp³-hybridized carbons (Fsp3) is 0.452. The van der Waals surface area contributed by atoms with Gasteiger partial charge in [-0.05, 0) is 160 Å². The summed E-state index contributed by atoms with van der Waals surface area (Å²) in [5.74, 6) is -15.4. The molecule has 0 spiro atoms. The second kappa shape index (κ2) is 30.2. The van der Waals surface area contributed by atoms with Crippen LogP contribution in [0.25, 0.3) is 38.8 Å². The van der Waals surface area contributed by atoms with E-state index in [0.717, 1.165) is 39.6 Å². The number of anilines is 1. The number of carbonyl (C=O) groups excluding carboxylic acids is 5. The molecule has 1 saturated carbocycles. The maximum absolute atomic E-state index is 16.0. The first-order valence-electron chi connectivity index (χ1n) is 34.2. The number of aromatic nitrogens is 7. The Balaban J connectivity index is 1.14. The molecule has 109 heavy (non-hydrogen) atoms. The molecule has 8 aromatic rings. The minimum atomic E-state index is -4.96. The molecule has 4 atom stereocenters. The number of pyridine rings is 1. The molecule has 10 rings (SSSR count). The van der Waals surface area contributed by atoms with E-state index in [9.17, 15) is 54.1 Å². The quantitative estimate of drug-likeness (QED) is 0.0289. The molecular formula is C73H79ClF9N10O14PS. The number of nitrogens with one attached hydrogen (secondary N) is 2. The lowest BCUT2D eigenvalue weighted by Crippen LogP contribution is -2.46. The number of sulfonamides is 1. The molecule has 2 aliphatic rings. The third kappa shape index (κ3) is 18.3. The molecule has 1 fully saturated rings. The van der Waals surface area contributed by atoms with Crippen molar-refractivity contribution in [3.63, 3.8) is 0 Å². The van der Waals surface area contributed by atoms with Crippen molar-refractivity contribution in [1.82, 2.24) is 44.7 Å². The van der Waals surface area contributed by atoms with Crippen LogP contribution in [0, 0.1) is 24.5 Å². The molecule has 24 nitrogen and oxygen atoms in total. The lowest BCUT2D eigenvalue weighted by molar-refractivity contribution is -0.165. The smallest absolute Gasteiger partial charge is 0.460 e. The second-order valence-electron chi connectivity index (χ2n) is 30.0. The number of amides is 3. The van der Waals surface area contributed by atoms with Gasteiger partial charge in [0.25, 0.3) is 17.9 Å². The third-order valence-corrected chi connectivity index (χ3v) is 20.4. The summed E-state index contributed by atoms with van der Waals surface area (Å²) < 4.78 is 210. The van der Waals surface area contributed by atoms with Crippen molar-refractivity contribution >= 4 is 86.7 Å². The summed E-state index contributed by atoms with van der Waals surface area (Å²) in [5.41, 5.74) is -9.91. The number of phosphoric acid groups is 1. The average Bonchev–Trinajstić information content (AvgIpc) is 1.52. The molecule has 2 N–H and O–H groups in total. The Morgan fingerprint density at radius 3 is 2.06 bits per heavy atom. The molecule has 4 aromatic carbocycles. The molecule has 3 amide bonds. The highest BCUT2D eigenvalue weighted by Gasteiger charge is 2.67. The van der Waals surface area contributed by atoms with Crippen LogP contribution in [-0.2, 0) is 101 Å². The van der Waals surface area contributed by atoms with Crippen LogP contribution in [0.2, 0.25) is 5.02 Å². The number of aryl methyl sites for hydroxylation is 2. The van der Waals surface area contributed by atoms with E-state index in [1.54, 1.807) is 76.2 Å². The highest BCUT2D eigenvalue weighted by molar-refractivity contribution is 7.92. The lowest BCUT2D eigenvalue weighted by Gasteiger charge is -2.33. The molecule has 586 valence electrons. The summed E-state index contributed by atoms with van der Waals surface area (Å²) >= 11 is 7.11. The predicted octanol–water partition coefficient (Wildman–Crippen LogP) is 14.1. The number of hydrogen-bond donors (Lipinski definition) is 2. The number of ether oxygens (including phenoxy) is 2. The predicted molar refractivity (Wildman–Crippen MR) is 381 cm³/mol. The molecule has 4 aromatic heterocycles. The normalized spacial score (nSPS) is 15.8. The maximum Gasteiger partial charge on any atom is 0.530 e. The molecule has 0 bridgehead atoms. The highest BCUT2D eigenvalue weighted by atomic mass is 35.5. The Labute approximate surface area is 625 Å². The van der Waals surface area contributed by atoms with Crippen LogP contribution in [0.1, 0.15) is 171 Å². The molecule has 36 heteroatoms. The summed E-state index contributed by atoms with van der Waals surface area (Å²) in [6.07, 6.45) is -12.4. The zero-order valence-electron chi connectivity index (χ0n) is 61.7. The fourth-order valence-corrected chi connectivity index (χ4v) is 16.1. The molecule has 4 heterocycles. The summed E-state index contributed by atoms with van der Waals surface area (Å²) in [7, 11) is -8.42. The SMILES string of the molecule is Cc1cc(CC(=O)N[C@@H](CC(=O)OC(C)(C)C)C(=O)OC(C)(C)C)c(C(C)(C)CC(=O)N(c2nn(C)c3c(-n4c([C@H](Cc5cc(F)cc(F)c5)NC(=O)Cn5nc(C(F)F)c6c5C(F)(F)[C@@H]5C[C@H]65)nc5cc(-c6cccc(C(F)(F)F)n6)ccc5c4=O)ccc(Cl)c23)S(C)(=O)=O)c(OP(=O)(OC(C)C)OC(C)C)c1. The van der Waals surface area contributed by atoms with E-state index in [0.29, 0.717) is 28.6 Å². The summed E-state index contributed by atoms with van der Waals surface area (Å²) in [5, 5.41) is 12.3. The number of hydrogen-bond acceptors (Lipinski definition) is 18. The second-order valence-corrected chi connectivity index (χ2v) is 33.7. The summed E-state index contributed by atoms with van der Waals surface area (Å²) in [4.78, 5) is 96.5. The van der Waals surface area contributed by atoms with Gasteiger partial charge in [-0.25, -0.2) is 45.3 Å². The first-order chi connectivity index (χ1) is 50.3. The van der Waals surface area contributed by atoms with E-state index >= 15 is 27.2 Å². The van der Waals surface area contributed by atoms with Crippen molar-refractivity contribution in [2.75, 3.05) is 10.6 Å². The fourth-order valence-electron chi connectivity index (χ4n) is 13.4. The van der Waals surface area contributed by atoms with Crippen LogP contribution in [0.3, 0.4) is 0 Å².